The first kappa shape index (κ1) is 24.2. The number of nitrogens with one attached hydrogen (secondary N) is 2. The van der Waals surface area contributed by atoms with Crippen LogP contribution in [0.25, 0.3) is 11.3 Å². The SMILES string of the molecule is CCOC(=O)c1ccc(-c2cccc(C(=O)NC[C@H](O)CNCc3cccc(CC)c3)c2)o1. The number of ether oxygens (including phenoxy) is 1. The lowest BCUT2D eigenvalue weighted by Gasteiger charge is -2.13. The minimum absolute atomic E-state index is 0.110. The zero-order valence-electron chi connectivity index (χ0n) is 19.0. The van der Waals surface area contributed by atoms with Gasteiger partial charge in [-0.25, -0.2) is 4.79 Å². The summed E-state index contributed by atoms with van der Waals surface area (Å²) in [6.07, 6.45) is 0.264. The van der Waals surface area contributed by atoms with Gasteiger partial charge in [-0.05, 0) is 48.7 Å². The summed E-state index contributed by atoms with van der Waals surface area (Å²) in [7, 11) is 0. The van der Waals surface area contributed by atoms with Crippen LogP contribution in [0.5, 0.6) is 0 Å². The molecule has 0 aliphatic rings. The summed E-state index contributed by atoms with van der Waals surface area (Å²) in [5.41, 5.74) is 3.52. The van der Waals surface area contributed by atoms with Gasteiger partial charge < -0.3 is 24.9 Å². The highest BCUT2D eigenvalue weighted by molar-refractivity contribution is 5.95. The van der Waals surface area contributed by atoms with Crippen molar-refractivity contribution < 1.29 is 23.8 Å². The highest BCUT2D eigenvalue weighted by atomic mass is 16.5. The number of rotatable bonds is 11. The maximum Gasteiger partial charge on any atom is 0.374 e. The molecule has 0 fully saturated rings. The summed E-state index contributed by atoms with van der Waals surface area (Å²) in [6, 6.07) is 18.4. The monoisotopic (exact) mass is 450 g/mol. The Labute approximate surface area is 193 Å². The predicted octanol–water partition coefficient (Wildman–Crippen LogP) is 3.57. The summed E-state index contributed by atoms with van der Waals surface area (Å²) < 4.78 is 10.5. The number of carbonyl (C=O) groups excluding carboxylic acids is 2. The Morgan fingerprint density at radius 2 is 1.79 bits per heavy atom. The van der Waals surface area contributed by atoms with E-state index in [9.17, 15) is 14.7 Å². The summed E-state index contributed by atoms with van der Waals surface area (Å²) >= 11 is 0. The van der Waals surface area contributed by atoms with Gasteiger partial charge >= 0.3 is 5.97 Å². The lowest BCUT2D eigenvalue weighted by Crippen LogP contribution is -2.38. The molecule has 3 aromatic rings. The molecule has 3 rings (SSSR count). The summed E-state index contributed by atoms with van der Waals surface area (Å²) in [6.45, 7) is 5.24. The number of carbonyl (C=O) groups is 2. The van der Waals surface area contributed by atoms with E-state index in [4.69, 9.17) is 9.15 Å². The van der Waals surface area contributed by atoms with Crippen molar-refractivity contribution in [3.63, 3.8) is 0 Å². The summed E-state index contributed by atoms with van der Waals surface area (Å²) in [4.78, 5) is 24.3. The van der Waals surface area contributed by atoms with E-state index < -0.39 is 12.1 Å². The van der Waals surface area contributed by atoms with Crippen LogP contribution in [-0.4, -0.2) is 42.8 Å². The molecule has 1 aromatic heterocycles. The number of aryl methyl sites for hydroxylation is 1. The molecule has 0 saturated carbocycles. The average Bonchev–Trinajstić information content (AvgIpc) is 3.33. The maximum absolute atomic E-state index is 12.5. The van der Waals surface area contributed by atoms with E-state index in [2.05, 4.69) is 29.7 Å². The molecule has 2 aromatic carbocycles. The van der Waals surface area contributed by atoms with Crippen molar-refractivity contribution in [3.05, 3.63) is 83.1 Å². The molecule has 0 aliphatic carbocycles. The van der Waals surface area contributed by atoms with Crippen molar-refractivity contribution in [2.24, 2.45) is 0 Å². The number of aliphatic hydroxyl groups is 1. The molecule has 1 atom stereocenters. The number of esters is 1. The van der Waals surface area contributed by atoms with Crippen LogP contribution in [-0.2, 0) is 17.7 Å². The number of furan rings is 1. The molecule has 0 radical (unpaired) electrons. The smallest absolute Gasteiger partial charge is 0.374 e. The van der Waals surface area contributed by atoms with E-state index in [1.807, 2.05) is 12.1 Å². The Kier molecular flexibility index (Phi) is 8.80. The number of amides is 1. The van der Waals surface area contributed by atoms with Crippen LogP contribution in [0, 0.1) is 0 Å². The average molecular weight is 451 g/mol. The third-order valence-corrected chi connectivity index (χ3v) is 5.10. The Morgan fingerprint density at radius 1 is 1.00 bits per heavy atom. The van der Waals surface area contributed by atoms with Crippen LogP contribution < -0.4 is 10.6 Å². The number of aliphatic hydroxyl groups excluding tert-OH is 1. The van der Waals surface area contributed by atoms with Gasteiger partial charge in [-0.1, -0.05) is 43.3 Å². The van der Waals surface area contributed by atoms with Gasteiger partial charge in [0.2, 0.25) is 5.76 Å². The van der Waals surface area contributed by atoms with Gasteiger partial charge in [0.05, 0.1) is 12.7 Å². The van der Waals surface area contributed by atoms with Crippen molar-refractivity contribution in [1.29, 1.82) is 0 Å². The lowest BCUT2D eigenvalue weighted by atomic mass is 10.1. The van der Waals surface area contributed by atoms with Crippen molar-refractivity contribution in [2.45, 2.75) is 32.9 Å². The van der Waals surface area contributed by atoms with Crippen molar-refractivity contribution in [3.8, 4) is 11.3 Å². The molecule has 0 aliphatic heterocycles. The number of hydrogen-bond acceptors (Lipinski definition) is 6. The summed E-state index contributed by atoms with van der Waals surface area (Å²) in [5, 5.41) is 16.2. The molecule has 0 unspecified atom stereocenters. The van der Waals surface area contributed by atoms with E-state index in [1.165, 1.54) is 5.56 Å². The van der Waals surface area contributed by atoms with Crippen molar-refractivity contribution in [1.82, 2.24) is 10.6 Å². The molecule has 3 N–H and O–H groups in total. The second kappa shape index (κ2) is 12.0. The predicted molar refractivity (Wildman–Crippen MR) is 126 cm³/mol. The standard InChI is InChI=1S/C26H30N2O5/c1-3-18-7-5-8-19(13-18)15-27-16-22(29)17-28-25(30)21-10-6-9-20(14-21)23-11-12-24(33-23)26(31)32-4-2/h5-14,22,27,29H,3-4,15-17H2,1-2H3,(H,28,30)/t22-/m1/s1. The highest BCUT2D eigenvalue weighted by Gasteiger charge is 2.15. The normalized spacial score (nSPS) is 11.7. The molecular formula is C26H30N2O5. The number of benzene rings is 2. The first-order valence-electron chi connectivity index (χ1n) is 11.1. The lowest BCUT2D eigenvalue weighted by molar-refractivity contribution is 0.0491. The molecule has 7 nitrogen and oxygen atoms in total. The van der Waals surface area contributed by atoms with E-state index in [0.29, 0.717) is 30.0 Å². The fourth-order valence-electron chi connectivity index (χ4n) is 3.35. The maximum atomic E-state index is 12.5. The van der Waals surface area contributed by atoms with E-state index in [-0.39, 0.29) is 24.8 Å². The quantitative estimate of drug-likeness (QED) is 0.386. The third-order valence-electron chi connectivity index (χ3n) is 5.10. The molecular weight excluding hydrogens is 420 g/mol. The van der Waals surface area contributed by atoms with E-state index in [0.717, 1.165) is 12.0 Å². The zero-order chi connectivity index (χ0) is 23.6. The molecule has 1 amide bonds. The second-order valence-electron chi connectivity index (χ2n) is 7.63. The molecule has 174 valence electrons. The van der Waals surface area contributed by atoms with E-state index in [1.54, 1.807) is 43.3 Å². The van der Waals surface area contributed by atoms with Crippen LogP contribution in [0.3, 0.4) is 0 Å². The molecule has 0 saturated heterocycles. The fourth-order valence-corrected chi connectivity index (χ4v) is 3.35. The van der Waals surface area contributed by atoms with Crippen molar-refractivity contribution in [2.75, 3.05) is 19.7 Å². The summed E-state index contributed by atoms with van der Waals surface area (Å²) in [5.74, 6) is -0.259. The van der Waals surface area contributed by atoms with Crippen LogP contribution in [0.2, 0.25) is 0 Å². The number of hydrogen-bond donors (Lipinski definition) is 3. The van der Waals surface area contributed by atoms with Crippen molar-refractivity contribution >= 4 is 11.9 Å². The van der Waals surface area contributed by atoms with Crippen LogP contribution in [0.15, 0.2) is 65.1 Å². The van der Waals surface area contributed by atoms with Gasteiger partial charge in [-0.15, -0.1) is 0 Å². The first-order valence-corrected chi connectivity index (χ1v) is 11.1. The second-order valence-corrected chi connectivity index (χ2v) is 7.63. The zero-order valence-corrected chi connectivity index (χ0v) is 19.0. The van der Waals surface area contributed by atoms with Crippen LogP contribution in [0.4, 0.5) is 0 Å². The molecule has 33 heavy (non-hydrogen) atoms. The minimum atomic E-state index is -0.719. The molecule has 7 heteroatoms. The van der Waals surface area contributed by atoms with Gasteiger partial charge in [0.25, 0.3) is 5.91 Å². The largest absolute Gasteiger partial charge is 0.460 e. The Hall–Kier alpha value is -3.42. The Bertz CT molecular complexity index is 1080. The third kappa shape index (κ3) is 7.03. The molecule has 1 heterocycles. The minimum Gasteiger partial charge on any atom is -0.460 e. The van der Waals surface area contributed by atoms with Gasteiger partial charge in [0, 0.05) is 30.8 Å². The van der Waals surface area contributed by atoms with Crippen LogP contribution >= 0.6 is 0 Å². The Morgan fingerprint density at radius 3 is 2.58 bits per heavy atom. The van der Waals surface area contributed by atoms with Crippen LogP contribution in [0.1, 0.15) is 45.9 Å². The van der Waals surface area contributed by atoms with E-state index >= 15 is 0 Å². The van der Waals surface area contributed by atoms with Gasteiger partial charge in [0.1, 0.15) is 5.76 Å². The highest BCUT2D eigenvalue weighted by Crippen LogP contribution is 2.23. The topological polar surface area (TPSA) is 101 Å². The van der Waals surface area contributed by atoms with Gasteiger partial charge in [0.15, 0.2) is 0 Å². The first-order chi connectivity index (χ1) is 16.0. The molecule has 0 spiro atoms. The molecule has 0 bridgehead atoms. The Balaban J connectivity index is 1.49. The van der Waals surface area contributed by atoms with Gasteiger partial charge in [-0.2, -0.15) is 0 Å². The fraction of sp³-hybridized carbons (Fsp3) is 0.308. The van der Waals surface area contributed by atoms with Gasteiger partial charge in [-0.3, -0.25) is 4.79 Å².